The van der Waals surface area contributed by atoms with Crippen molar-refractivity contribution >= 4 is 17.4 Å². The van der Waals surface area contributed by atoms with Crippen LogP contribution in [-0.4, -0.2) is 29.5 Å². The van der Waals surface area contributed by atoms with Crippen molar-refractivity contribution in [2.75, 3.05) is 11.5 Å². The molecule has 1 unspecified atom stereocenters. The van der Waals surface area contributed by atoms with E-state index in [2.05, 4.69) is 0 Å². The van der Waals surface area contributed by atoms with Crippen molar-refractivity contribution in [1.29, 1.82) is 0 Å². The van der Waals surface area contributed by atoms with Crippen molar-refractivity contribution in [2.45, 2.75) is 53.7 Å². The molecule has 0 radical (unpaired) electrons. The van der Waals surface area contributed by atoms with Crippen molar-refractivity contribution in [3.8, 4) is 11.5 Å². The van der Waals surface area contributed by atoms with Gasteiger partial charge in [0.1, 0.15) is 11.5 Å². The lowest BCUT2D eigenvalue weighted by atomic mass is 9.82. The van der Waals surface area contributed by atoms with Crippen LogP contribution in [0.1, 0.15) is 53.1 Å². The van der Waals surface area contributed by atoms with Crippen LogP contribution in [0.3, 0.4) is 0 Å². The van der Waals surface area contributed by atoms with E-state index >= 15 is 0 Å². The average molecular weight is 438 g/mol. The molecule has 32 heavy (non-hydrogen) atoms. The lowest BCUT2D eigenvalue weighted by Crippen LogP contribution is -2.32. The van der Waals surface area contributed by atoms with Gasteiger partial charge in [-0.05, 0) is 62.7 Å². The van der Waals surface area contributed by atoms with Crippen LogP contribution in [0.4, 0.5) is 5.69 Å². The fraction of sp³-hybridized carbons (Fsp3) is 0.385. The number of benzene rings is 2. The fourth-order valence-electron chi connectivity index (χ4n) is 3.72. The van der Waals surface area contributed by atoms with E-state index in [-0.39, 0.29) is 17.5 Å². The molecule has 2 aromatic carbocycles. The summed E-state index contributed by atoms with van der Waals surface area (Å²) in [6.45, 7) is 11.6. The molecular formula is C26H31NO5. The zero-order valence-electron chi connectivity index (χ0n) is 19.5. The Hall–Kier alpha value is -3.28. The summed E-state index contributed by atoms with van der Waals surface area (Å²) < 4.78 is 11.3. The summed E-state index contributed by atoms with van der Waals surface area (Å²) in [7, 11) is 0. The predicted molar refractivity (Wildman–Crippen MR) is 124 cm³/mol. The first kappa shape index (κ1) is 23.4. The standard InChI is InChI=1S/C26H31NO5/c1-7-31-19-13-11-18(12-14-19)27-22(17-9-8-10-20(15-17)32-16(2)3)21(23(28)25(27)30)24(29)26(4,5)6/h8-16,22,28H,7H2,1-6H3. The Kier molecular flexibility index (Phi) is 6.63. The van der Waals surface area contributed by atoms with Crippen molar-refractivity contribution < 1.29 is 24.2 Å². The van der Waals surface area contributed by atoms with Crippen LogP contribution in [-0.2, 0) is 9.59 Å². The highest BCUT2D eigenvalue weighted by Crippen LogP contribution is 2.44. The van der Waals surface area contributed by atoms with Crippen LogP contribution >= 0.6 is 0 Å². The Morgan fingerprint density at radius 3 is 2.31 bits per heavy atom. The molecule has 0 fully saturated rings. The van der Waals surface area contributed by atoms with Crippen molar-refractivity contribution in [2.24, 2.45) is 5.41 Å². The van der Waals surface area contributed by atoms with E-state index in [1.807, 2.05) is 45.0 Å². The Balaban J connectivity index is 2.14. The molecule has 3 rings (SSSR count). The topological polar surface area (TPSA) is 76.1 Å². The number of Topliss-reactive ketones (excluding diaryl/α,β-unsaturated/α-hetero) is 1. The molecule has 2 aromatic rings. The molecule has 6 nitrogen and oxygen atoms in total. The van der Waals surface area contributed by atoms with Gasteiger partial charge >= 0.3 is 0 Å². The number of aliphatic hydroxyl groups excluding tert-OH is 1. The SMILES string of the molecule is CCOc1ccc(N2C(=O)C(O)=C(C(=O)C(C)(C)C)C2c2cccc(OC(C)C)c2)cc1. The minimum absolute atomic E-state index is 0.0303. The Morgan fingerprint density at radius 2 is 1.75 bits per heavy atom. The molecule has 1 aliphatic rings. The molecule has 0 aromatic heterocycles. The number of anilines is 1. The van der Waals surface area contributed by atoms with Gasteiger partial charge in [-0.3, -0.25) is 14.5 Å². The van der Waals surface area contributed by atoms with Gasteiger partial charge < -0.3 is 14.6 Å². The Labute approximate surface area is 189 Å². The third kappa shape index (κ3) is 4.64. The summed E-state index contributed by atoms with van der Waals surface area (Å²) in [5.74, 6) is -0.0987. The van der Waals surface area contributed by atoms with Crippen LogP contribution in [0, 0.1) is 5.41 Å². The van der Waals surface area contributed by atoms with Gasteiger partial charge in [-0.15, -0.1) is 0 Å². The Bertz CT molecular complexity index is 1030. The van der Waals surface area contributed by atoms with E-state index < -0.39 is 23.1 Å². The molecule has 1 atom stereocenters. The summed E-state index contributed by atoms with van der Waals surface area (Å²) in [5, 5.41) is 10.8. The number of ether oxygens (including phenoxy) is 2. The summed E-state index contributed by atoms with van der Waals surface area (Å²) in [4.78, 5) is 28.0. The third-order valence-corrected chi connectivity index (χ3v) is 5.11. The largest absolute Gasteiger partial charge is 0.503 e. The molecule has 1 amide bonds. The van der Waals surface area contributed by atoms with E-state index in [1.165, 1.54) is 4.90 Å². The molecule has 1 aliphatic heterocycles. The van der Waals surface area contributed by atoms with Gasteiger partial charge in [0.05, 0.1) is 24.3 Å². The smallest absolute Gasteiger partial charge is 0.294 e. The van der Waals surface area contributed by atoms with Gasteiger partial charge in [0.15, 0.2) is 11.5 Å². The second-order valence-corrected chi connectivity index (χ2v) is 9.09. The molecule has 6 heteroatoms. The van der Waals surface area contributed by atoms with E-state index in [1.54, 1.807) is 45.0 Å². The number of hydrogen-bond donors (Lipinski definition) is 1. The molecule has 0 spiro atoms. The third-order valence-electron chi connectivity index (χ3n) is 5.11. The lowest BCUT2D eigenvalue weighted by molar-refractivity contribution is -0.123. The summed E-state index contributed by atoms with van der Waals surface area (Å²) in [6, 6.07) is 13.6. The lowest BCUT2D eigenvalue weighted by Gasteiger charge is -2.29. The van der Waals surface area contributed by atoms with Crippen molar-refractivity contribution in [3.05, 3.63) is 65.4 Å². The minimum Gasteiger partial charge on any atom is -0.503 e. The van der Waals surface area contributed by atoms with Gasteiger partial charge in [0.2, 0.25) is 0 Å². The normalized spacial score (nSPS) is 16.7. The van der Waals surface area contributed by atoms with Crippen molar-refractivity contribution in [1.82, 2.24) is 0 Å². The van der Waals surface area contributed by atoms with E-state index in [0.29, 0.717) is 29.4 Å². The van der Waals surface area contributed by atoms with Crippen LogP contribution < -0.4 is 14.4 Å². The van der Waals surface area contributed by atoms with E-state index in [0.717, 1.165) is 0 Å². The number of hydrogen-bond acceptors (Lipinski definition) is 5. The molecule has 1 heterocycles. The highest BCUT2D eigenvalue weighted by atomic mass is 16.5. The first-order chi connectivity index (χ1) is 15.0. The molecule has 0 saturated carbocycles. The zero-order chi connectivity index (χ0) is 23.6. The molecule has 170 valence electrons. The number of nitrogens with zero attached hydrogens (tertiary/aromatic N) is 1. The van der Waals surface area contributed by atoms with Crippen LogP contribution in [0.15, 0.2) is 59.9 Å². The van der Waals surface area contributed by atoms with Gasteiger partial charge in [0.25, 0.3) is 5.91 Å². The van der Waals surface area contributed by atoms with Crippen molar-refractivity contribution in [3.63, 3.8) is 0 Å². The maximum Gasteiger partial charge on any atom is 0.294 e. The van der Waals surface area contributed by atoms with Gasteiger partial charge in [-0.2, -0.15) is 0 Å². The van der Waals surface area contributed by atoms with Gasteiger partial charge in [-0.1, -0.05) is 32.9 Å². The predicted octanol–water partition coefficient (Wildman–Crippen LogP) is 5.39. The minimum atomic E-state index is -0.775. The Morgan fingerprint density at radius 1 is 1.09 bits per heavy atom. The second-order valence-electron chi connectivity index (χ2n) is 9.09. The summed E-state index contributed by atoms with van der Waals surface area (Å²) >= 11 is 0. The fourth-order valence-corrected chi connectivity index (χ4v) is 3.72. The maximum absolute atomic E-state index is 13.3. The van der Waals surface area contributed by atoms with E-state index in [4.69, 9.17) is 9.47 Å². The molecule has 0 bridgehead atoms. The average Bonchev–Trinajstić information content (AvgIpc) is 2.98. The second kappa shape index (κ2) is 9.07. The maximum atomic E-state index is 13.3. The summed E-state index contributed by atoms with van der Waals surface area (Å²) in [6.07, 6.45) is -0.0303. The molecule has 1 N–H and O–H groups in total. The first-order valence-electron chi connectivity index (χ1n) is 10.9. The van der Waals surface area contributed by atoms with Crippen LogP contribution in [0.5, 0.6) is 11.5 Å². The van der Waals surface area contributed by atoms with Crippen LogP contribution in [0.25, 0.3) is 0 Å². The zero-order valence-corrected chi connectivity index (χ0v) is 19.5. The summed E-state index contributed by atoms with van der Waals surface area (Å²) in [5.41, 5.74) is 0.560. The first-order valence-corrected chi connectivity index (χ1v) is 10.9. The highest BCUT2D eigenvalue weighted by Gasteiger charge is 2.46. The monoisotopic (exact) mass is 437 g/mol. The number of ketones is 1. The number of rotatable bonds is 7. The van der Waals surface area contributed by atoms with Gasteiger partial charge in [0, 0.05) is 11.1 Å². The number of carbonyl (C=O) groups is 2. The number of carbonyl (C=O) groups excluding carboxylic acids is 2. The quantitative estimate of drug-likeness (QED) is 0.629. The van der Waals surface area contributed by atoms with Gasteiger partial charge in [-0.25, -0.2) is 0 Å². The molecule has 0 saturated heterocycles. The van der Waals surface area contributed by atoms with Crippen LogP contribution in [0.2, 0.25) is 0 Å². The number of aliphatic hydroxyl groups is 1. The number of amides is 1. The highest BCUT2D eigenvalue weighted by molar-refractivity contribution is 6.17. The molecular weight excluding hydrogens is 406 g/mol. The molecule has 0 aliphatic carbocycles. The van der Waals surface area contributed by atoms with E-state index in [9.17, 15) is 14.7 Å².